The standard InChI is InChI=1S/C27H28ClN3O3/c1-17(2)20-6-10-23(11-7-20)29-27(33)30-24-12-13-25-21(14-24)16-31(26(32)18(3)34-25)15-19-4-8-22(28)9-5-19/h4-14,17-18H,15-16H2,1-3H3,(H2,29,30,33). The minimum atomic E-state index is -0.607. The molecule has 0 saturated carbocycles. The van der Waals surface area contributed by atoms with Gasteiger partial charge in [0.2, 0.25) is 0 Å². The lowest BCUT2D eigenvalue weighted by molar-refractivity contribution is -0.138. The monoisotopic (exact) mass is 477 g/mol. The molecule has 7 heteroatoms. The number of nitrogens with zero attached hydrogens (tertiary/aromatic N) is 1. The zero-order valence-electron chi connectivity index (χ0n) is 19.5. The number of ether oxygens (including phenoxy) is 1. The average Bonchev–Trinajstić information content (AvgIpc) is 2.92. The Balaban J connectivity index is 1.47. The highest BCUT2D eigenvalue weighted by molar-refractivity contribution is 6.30. The number of halogens is 1. The SMILES string of the molecule is CC1Oc2ccc(NC(=O)Nc3ccc(C(C)C)cc3)cc2CN(Cc2ccc(Cl)cc2)C1=O. The molecule has 0 saturated heterocycles. The van der Waals surface area contributed by atoms with Crippen LogP contribution in [0.4, 0.5) is 16.2 Å². The van der Waals surface area contributed by atoms with Crippen molar-refractivity contribution >= 4 is 34.9 Å². The van der Waals surface area contributed by atoms with E-state index in [0.29, 0.717) is 41.2 Å². The second-order valence-electron chi connectivity index (χ2n) is 8.76. The van der Waals surface area contributed by atoms with Crippen molar-refractivity contribution in [2.75, 3.05) is 10.6 Å². The van der Waals surface area contributed by atoms with Crippen molar-refractivity contribution in [1.82, 2.24) is 4.90 Å². The smallest absolute Gasteiger partial charge is 0.323 e. The summed E-state index contributed by atoms with van der Waals surface area (Å²) in [7, 11) is 0. The fourth-order valence-electron chi connectivity index (χ4n) is 3.87. The van der Waals surface area contributed by atoms with Gasteiger partial charge in [-0.25, -0.2) is 4.79 Å². The van der Waals surface area contributed by atoms with Gasteiger partial charge in [0.15, 0.2) is 6.10 Å². The van der Waals surface area contributed by atoms with Crippen LogP contribution in [0.25, 0.3) is 0 Å². The van der Waals surface area contributed by atoms with Gasteiger partial charge in [-0.15, -0.1) is 0 Å². The highest BCUT2D eigenvalue weighted by atomic mass is 35.5. The van der Waals surface area contributed by atoms with Crippen molar-refractivity contribution in [3.05, 3.63) is 88.4 Å². The summed E-state index contributed by atoms with van der Waals surface area (Å²) in [4.78, 5) is 27.2. The molecule has 1 atom stereocenters. The Bertz CT molecular complexity index is 1180. The average molecular weight is 478 g/mol. The Morgan fingerprint density at radius 2 is 1.68 bits per heavy atom. The Morgan fingerprint density at radius 3 is 2.35 bits per heavy atom. The molecule has 6 nitrogen and oxygen atoms in total. The number of hydrogen-bond acceptors (Lipinski definition) is 3. The molecule has 1 heterocycles. The van der Waals surface area contributed by atoms with Crippen molar-refractivity contribution in [1.29, 1.82) is 0 Å². The van der Waals surface area contributed by atoms with Gasteiger partial charge < -0.3 is 20.3 Å². The van der Waals surface area contributed by atoms with E-state index in [4.69, 9.17) is 16.3 Å². The first-order valence-electron chi connectivity index (χ1n) is 11.3. The lowest BCUT2D eigenvalue weighted by Crippen LogP contribution is -2.37. The van der Waals surface area contributed by atoms with Crippen LogP contribution < -0.4 is 15.4 Å². The first-order chi connectivity index (χ1) is 16.3. The number of rotatable bonds is 5. The first kappa shape index (κ1) is 23.6. The van der Waals surface area contributed by atoms with Crippen LogP contribution in [0.3, 0.4) is 0 Å². The second kappa shape index (κ2) is 10.2. The van der Waals surface area contributed by atoms with Gasteiger partial charge in [0.05, 0.1) is 0 Å². The fourth-order valence-corrected chi connectivity index (χ4v) is 3.99. The van der Waals surface area contributed by atoms with E-state index in [-0.39, 0.29) is 11.9 Å². The summed E-state index contributed by atoms with van der Waals surface area (Å²) in [5.74, 6) is 0.969. The number of urea groups is 1. The summed E-state index contributed by atoms with van der Waals surface area (Å²) in [6.45, 7) is 6.81. The molecule has 3 aromatic rings. The molecule has 1 unspecified atom stereocenters. The summed E-state index contributed by atoms with van der Waals surface area (Å²) in [6, 6.07) is 20.3. The Morgan fingerprint density at radius 1 is 1.03 bits per heavy atom. The molecule has 2 N–H and O–H groups in total. The van der Waals surface area contributed by atoms with E-state index in [1.165, 1.54) is 5.56 Å². The second-order valence-corrected chi connectivity index (χ2v) is 9.20. The summed E-state index contributed by atoms with van der Waals surface area (Å²) in [6.07, 6.45) is -0.607. The molecule has 4 rings (SSSR count). The maximum Gasteiger partial charge on any atom is 0.323 e. The first-order valence-corrected chi connectivity index (χ1v) is 11.7. The van der Waals surface area contributed by atoms with Crippen LogP contribution in [-0.4, -0.2) is 22.9 Å². The number of hydrogen-bond donors (Lipinski definition) is 2. The number of nitrogens with one attached hydrogen (secondary N) is 2. The van der Waals surface area contributed by atoms with Gasteiger partial charge in [-0.05, 0) is 66.4 Å². The van der Waals surface area contributed by atoms with Crippen LogP contribution in [-0.2, 0) is 17.9 Å². The Kier molecular flexibility index (Phi) is 7.08. The summed E-state index contributed by atoms with van der Waals surface area (Å²) < 4.78 is 5.90. The molecule has 1 aliphatic heterocycles. The summed E-state index contributed by atoms with van der Waals surface area (Å²) >= 11 is 5.99. The highest BCUT2D eigenvalue weighted by Crippen LogP contribution is 2.29. The molecule has 176 valence electrons. The molecule has 0 aromatic heterocycles. The molecule has 0 fully saturated rings. The van der Waals surface area contributed by atoms with Gasteiger partial charge in [0, 0.05) is 35.1 Å². The summed E-state index contributed by atoms with van der Waals surface area (Å²) in [5, 5.41) is 6.37. The molecule has 0 bridgehead atoms. The van der Waals surface area contributed by atoms with Crippen LogP contribution >= 0.6 is 11.6 Å². The van der Waals surface area contributed by atoms with Crippen LogP contribution in [0.15, 0.2) is 66.7 Å². The van der Waals surface area contributed by atoms with Crippen molar-refractivity contribution in [2.24, 2.45) is 0 Å². The van der Waals surface area contributed by atoms with Crippen molar-refractivity contribution in [2.45, 2.75) is 45.9 Å². The van der Waals surface area contributed by atoms with E-state index in [2.05, 4.69) is 24.5 Å². The molecule has 34 heavy (non-hydrogen) atoms. The molecule has 0 radical (unpaired) electrons. The number of amides is 3. The zero-order chi connectivity index (χ0) is 24.2. The third kappa shape index (κ3) is 5.69. The molecule has 0 aliphatic carbocycles. The Labute approximate surface area is 204 Å². The topological polar surface area (TPSA) is 70.7 Å². The molecular weight excluding hydrogens is 450 g/mol. The van der Waals surface area contributed by atoms with Gasteiger partial charge in [-0.2, -0.15) is 0 Å². The van der Waals surface area contributed by atoms with Crippen molar-refractivity contribution in [3.8, 4) is 5.75 Å². The maximum atomic E-state index is 12.9. The number of anilines is 2. The minimum absolute atomic E-state index is 0.0942. The van der Waals surface area contributed by atoms with E-state index >= 15 is 0 Å². The van der Waals surface area contributed by atoms with Gasteiger partial charge in [-0.1, -0.05) is 49.7 Å². The highest BCUT2D eigenvalue weighted by Gasteiger charge is 2.28. The van der Waals surface area contributed by atoms with Crippen LogP contribution in [0.1, 0.15) is 43.4 Å². The van der Waals surface area contributed by atoms with E-state index in [9.17, 15) is 9.59 Å². The van der Waals surface area contributed by atoms with Gasteiger partial charge >= 0.3 is 6.03 Å². The van der Waals surface area contributed by atoms with Gasteiger partial charge in [-0.3, -0.25) is 4.79 Å². The number of fused-ring (bicyclic) bond motifs is 1. The Hall–Kier alpha value is -3.51. The largest absolute Gasteiger partial charge is 0.481 e. The fraction of sp³-hybridized carbons (Fsp3) is 0.259. The van der Waals surface area contributed by atoms with Crippen LogP contribution in [0.2, 0.25) is 5.02 Å². The van der Waals surface area contributed by atoms with Crippen molar-refractivity contribution in [3.63, 3.8) is 0 Å². The molecule has 0 spiro atoms. The van der Waals surface area contributed by atoms with Crippen LogP contribution in [0.5, 0.6) is 5.75 Å². The van der Waals surface area contributed by atoms with Crippen LogP contribution in [0, 0.1) is 0 Å². The number of carbonyl (C=O) groups excluding carboxylic acids is 2. The van der Waals surface area contributed by atoms with E-state index in [1.54, 1.807) is 24.0 Å². The summed E-state index contributed by atoms with van der Waals surface area (Å²) in [5.41, 5.74) is 4.35. The number of benzene rings is 3. The third-order valence-electron chi connectivity index (χ3n) is 5.76. The van der Waals surface area contributed by atoms with E-state index in [1.807, 2.05) is 54.6 Å². The lowest BCUT2D eigenvalue weighted by Gasteiger charge is -2.22. The van der Waals surface area contributed by atoms with Crippen molar-refractivity contribution < 1.29 is 14.3 Å². The van der Waals surface area contributed by atoms with E-state index in [0.717, 1.165) is 11.1 Å². The van der Waals surface area contributed by atoms with Gasteiger partial charge in [0.1, 0.15) is 5.75 Å². The third-order valence-corrected chi connectivity index (χ3v) is 6.02. The molecular formula is C27H28ClN3O3. The predicted molar refractivity (Wildman–Crippen MR) is 135 cm³/mol. The lowest BCUT2D eigenvalue weighted by atomic mass is 10.0. The minimum Gasteiger partial charge on any atom is -0.481 e. The number of carbonyl (C=O) groups is 2. The quantitative estimate of drug-likeness (QED) is 0.445. The molecule has 3 aromatic carbocycles. The predicted octanol–water partition coefficient (Wildman–Crippen LogP) is 6.42. The molecule has 1 aliphatic rings. The van der Waals surface area contributed by atoms with E-state index < -0.39 is 6.10 Å². The normalized spacial score (nSPS) is 15.4. The zero-order valence-corrected chi connectivity index (χ0v) is 20.2. The van der Waals surface area contributed by atoms with Gasteiger partial charge in [0.25, 0.3) is 5.91 Å². The molecule has 3 amide bonds. The maximum absolute atomic E-state index is 12.9.